The number of hydrogen-bond acceptors (Lipinski definition) is 3. The molecular weight excluding hydrogens is 321 g/mol. The van der Waals surface area contributed by atoms with Gasteiger partial charge in [-0.3, -0.25) is 5.10 Å². The van der Waals surface area contributed by atoms with Gasteiger partial charge < -0.3 is 9.84 Å². The van der Waals surface area contributed by atoms with Gasteiger partial charge in [0.2, 0.25) is 0 Å². The number of benzene rings is 2. The van der Waals surface area contributed by atoms with E-state index in [0.717, 1.165) is 0 Å². The Morgan fingerprint density at radius 2 is 2.00 bits per heavy atom. The number of aryl methyl sites for hydroxylation is 1. The van der Waals surface area contributed by atoms with Crippen LogP contribution in [-0.2, 0) is 6.42 Å². The molecule has 1 unspecified atom stereocenters. The van der Waals surface area contributed by atoms with Crippen molar-refractivity contribution in [2.45, 2.75) is 25.4 Å². The van der Waals surface area contributed by atoms with E-state index in [1.54, 1.807) is 19.1 Å². The van der Waals surface area contributed by atoms with Crippen LogP contribution in [0.5, 0.6) is 11.5 Å². The quantitative estimate of drug-likeness (QED) is 0.744. The summed E-state index contributed by atoms with van der Waals surface area (Å²) >= 11 is 0. The van der Waals surface area contributed by atoms with Crippen LogP contribution in [0.2, 0.25) is 0 Å². The van der Waals surface area contributed by atoms with Gasteiger partial charge >= 0.3 is 0 Å². The van der Waals surface area contributed by atoms with Crippen LogP contribution in [0.15, 0.2) is 30.5 Å². The predicted molar refractivity (Wildman–Crippen MR) is 80.9 cm³/mol. The Kier molecular flexibility index (Phi) is 3.11. The summed E-state index contributed by atoms with van der Waals surface area (Å²) in [7, 11) is 0. The first-order chi connectivity index (χ1) is 11.4. The van der Waals surface area contributed by atoms with Crippen molar-refractivity contribution in [3.8, 4) is 11.5 Å². The van der Waals surface area contributed by atoms with E-state index in [9.17, 15) is 18.3 Å². The van der Waals surface area contributed by atoms with Gasteiger partial charge in [0.05, 0.1) is 11.6 Å². The molecule has 124 valence electrons. The van der Waals surface area contributed by atoms with Crippen molar-refractivity contribution in [3.63, 3.8) is 0 Å². The average Bonchev–Trinajstić information content (AvgIpc) is 3.10. The summed E-state index contributed by atoms with van der Waals surface area (Å²) < 4.78 is 47.3. The summed E-state index contributed by atoms with van der Waals surface area (Å²) in [5.74, 6) is -3.19. The van der Waals surface area contributed by atoms with Crippen LogP contribution in [0.1, 0.15) is 22.8 Å². The van der Waals surface area contributed by atoms with Crippen LogP contribution in [0.4, 0.5) is 13.2 Å². The number of H-pyrrole nitrogens is 1. The van der Waals surface area contributed by atoms with E-state index in [-0.39, 0.29) is 22.4 Å². The maximum Gasteiger partial charge on any atom is 0.281 e. The van der Waals surface area contributed by atoms with Crippen LogP contribution in [0, 0.1) is 12.7 Å². The van der Waals surface area contributed by atoms with E-state index in [4.69, 9.17) is 4.74 Å². The molecule has 0 aliphatic heterocycles. The van der Waals surface area contributed by atoms with Crippen molar-refractivity contribution >= 4 is 10.9 Å². The molecule has 0 spiro atoms. The number of nitrogens with zero attached hydrogens (tertiary/aromatic N) is 1. The Hall–Kier alpha value is -2.54. The molecule has 1 aromatic heterocycles. The zero-order chi connectivity index (χ0) is 17.1. The van der Waals surface area contributed by atoms with Gasteiger partial charge in [-0.1, -0.05) is 6.07 Å². The average molecular weight is 334 g/mol. The molecular formula is C17H13F3N2O2. The number of halogens is 3. The van der Waals surface area contributed by atoms with Gasteiger partial charge in [0.1, 0.15) is 28.9 Å². The van der Waals surface area contributed by atoms with Crippen molar-refractivity contribution in [2.24, 2.45) is 0 Å². The molecule has 7 heteroatoms. The second kappa shape index (κ2) is 4.98. The first kappa shape index (κ1) is 15.0. The number of fused-ring (bicyclic) bond motifs is 2. The zero-order valence-electron chi connectivity index (χ0n) is 12.6. The standard InChI is InChI=1S/C17H13F3N2O2/c1-8-2-4-12(9-6-17(19,20)16(23)14(8)9)24-13-5-3-11(18)15-10(13)7-21-22-15/h2-5,7,16,23H,6H2,1H3,(H,21,22). The lowest BCUT2D eigenvalue weighted by molar-refractivity contribution is -0.0970. The highest BCUT2D eigenvalue weighted by atomic mass is 19.3. The van der Waals surface area contributed by atoms with Crippen molar-refractivity contribution in [1.82, 2.24) is 10.2 Å². The van der Waals surface area contributed by atoms with E-state index in [0.29, 0.717) is 16.7 Å². The molecule has 0 bridgehead atoms. The van der Waals surface area contributed by atoms with E-state index in [1.165, 1.54) is 18.3 Å². The van der Waals surface area contributed by atoms with Crippen molar-refractivity contribution in [1.29, 1.82) is 0 Å². The second-order valence-corrected chi connectivity index (χ2v) is 5.92. The molecule has 0 saturated carbocycles. The number of aliphatic hydroxyl groups excluding tert-OH is 1. The van der Waals surface area contributed by atoms with E-state index in [2.05, 4.69) is 10.2 Å². The SMILES string of the molecule is Cc1ccc(Oc2ccc(F)c3[nH]ncc23)c2c1C(O)C(F)(F)C2. The number of aromatic amines is 1. The van der Waals surface area contributed by atoms with Crippen LogP contribution < -0.4 is 4.74 Å². The minimum absolute atomic E-state index is 0.182. The number of rotatable bonds is 2. The van der Waals surface area contributed by atoms with Gasteiger partial charge in [-0.25, -0.2) is 13.2 Å². The highest BCUT2D eigenvalue weighted by Crippen LogP contribution is 2.48. The molecule has 0 amide bonds. The molecule has 4 rings (SSSR count). The number of ether oxygens (including phenoxy) is 1. The molecule has 2 N–H and O–H groups in total. The van der Waals surface area contributed by atoms with Crippen LogP contribution in [-0.4, -0.2) is 21.2 Å². The highest BCUT2D eigenvalue weighted by molar-refractivity contribution is 5.85. The molecule has 0 saturated heterocycles. The molecule has 0 radical (unpaired) electrons. The summed E-state index contributed by atoms with van der Waals surface area (Å²) in [5, 5.41) is 16.6. The third-order valence-corrected chi connectivity index (χ3v) is 4.36. The Labute approximate surface area is 134 Å². The van der Waals surface area contributed by atoms with Gasteiger partial charge in [0.25, 0.3) is 5.92 Å². The second-order valence-electron chi connectivity index (χ2n) is 5.92. The molecule has 1 aliphatic rings. The topological polar surface area (TPSA) is 58.1 Å². The van der Waals surface area contributed by atoms with Crippen LogP contribution in [0.3, 0.4) is 0 Å². The number of aromatic nitrogens is 2. The largest absolute Gasteiger partial charge is 0.456 e. The van der Waals surface area contributed by atoms with E-state index < -0.39 is 24.3 Å². The highest BCUT2D eigenvalue weighted by Gasteiger charge is 2.48. The fourth-order valence-electron chi connectivity index (χ4n) is 3.15. The molecule has 1 atom stereocenters. The monoisotopic (exact) mass is 334 g/mol. The van der Waals surface area contributed by atoms with E-state index in [1.807, 2.05) is 0 Å². The third kappa shape index (κ3) is 2.08. The lowest BCUT2D eigenvalue weighted by atomic mass is 10.0. The summed E-state index contributed by atoms with van der Waals surface area (Å²) in [4.78, 5) is 0. The summed E-state index contributed by atoms with van der Waals surface area (Å²) in [5.41, 5.74) is 1.23. The first-order valence-electron chi connectivity index (χ1n) is 7.36. The predicted octanol–water partition coefficient (Wildman–Crippen LogP) is 4.03. The lowest BCUT2D eigenvalue weighted by Crippen LogP contribution is -2.21. The Morgan fingerprint density at radius 3 is 2.79 bits per heavy atom. The van der Waals surface area contributed by atoms with Crippen LogP contribution in [0.25, 0.3) is 10.9 Å². The molecule has 1 aliphatic carbocycles. The van der Waals surface area contributed by atoms with Gasteiger partial charge in [-0.15, -0.1) is 0 Å². The molecule has 1 heterocycles. The van der Waals surface area contributed by atoms with E-state index >= 15 is 0 Å². The van der Waals surface area contributed by atoms with Gasteiger partial charge in [0, 0.05) is 12.0 Å². The fourth-order valence-corrected chi connectivity index (χ4v) is 3.15. The van der Waals surface area contributed by atoms with Gasteiger partial charge in [-0.2, -0.15) is 5.10 Å². The number of hydrogen-bond donors (Lipinski definition) is 2. The molecule has 0 fully saturated rings. The number of nitrogens with one attached hydrogen (secondary N) is 1. The van der Waals surface area contributed by atoms with Gasteiger partial charge in [0.15, 0.2) is 0 Å². The number of alkyl halides is 2. The van der Waals surface area contributed by atoms with Crippen molar-refractivity contribution in [2.75, 3.05) is 0 Å². The van der Waals surface area contributed by atoms with Crippen molar-refractivity contribution in [3.05, 3.63) is 53.0 Å². The lowest BCUT2D eigenvalue weighted by Gasteiger charge is -2.14. The molecule has 2 aromatic carbocycles. The Morgan fingerprint density at radius 1 is 1.25 bits per heavy atom. The number of aliphatic hydroxyl groups is 1. The Balaban J connectivity index is 1.82. The molecule has 3 aromatic rings. The first-order valence-corrected chi connectivity index (χ1v) is 7.36. The maximum absolute atomic E-state index is 13.9. The normalized spacial score (nSPS) is 18.8. The smallest absolute Gasteiger partial charge is 0.281 e. The summed E-state index contributed by atoms with van der Waals surface area (Å²) in [6.07, 6.45) is -1.04. The molecule has 24 heavy (non-hydrogen) atoms. The van der Waals surface area contributed by atoms with Crippen molar-refractivity contribution < 1.29 is 23.0 Å². The van der Waals surface area contributed by atoms with Crippen LogP contribution >= 0.6 is 0 Å². The van der Waals surface area contributed by atoms with Gasteiger partial charge in [-0.05, 0) is 36.2 Å². The zero-order valence-corrected chi connectivity index (χ0v) is 12.6. The minimum Gasteiger partial charge on any atom is -0.456 e. The fraction of sp³-hybridized carbons (Fsp3) is 0.235. The minimum atomic E-state index is -3.24. The third-order valence-electron chi connectivity index (χ3n) is 4.36. The Bertz CT molecular complexity index is 952. The summed E-state index contributed by atoms with van der Waals surface area (Å²) in [6.45, 7) is 1.67. The maximum atomic E-state index is 13.9. The summed E-state index contributed by atoms with van der Waals surface area (Å²) in [6, 6.07) is 5.84. The molecule has 4 nitrogen and oxygen atoms in total.